The summed E-state index contributed by atoms with van der Waals surface area (Å²) in [7, 11) is 0. The lowest BCUT2D eigenvalue weighted by Crippen LogP contribution is -2.07. The highest BCUT2D eigenvalue weighted by Crippen LogP contribution is 2.27. The average molecular weight is 261 g/mol. The van der Waals surface area contributed by atoms with Crippen molar-refractivity contribution < 1.29 is 9.53 Å². The van der Waals surface area contributed by atoms with Gasteiger partial charge in [0.1, 0.15) is 0 Å². The van der Waals surface area contributed by atoms with E-state index in [-0.39, 0.29) is 18.4 Å². The lowest BCUT2D eigenvalue weighted by Gasteiger charge is -2.14. The Morgan fingerprint density at radius 1 is 1.47 bits per heavy atom. The molecule has 0 heterocycles. The molecule has 102 valence electrons. The Kier molecular flexibility index (Phi) is 5.90. The van der Waals surface area contributed by atoms with Crippen molar-refractivity contribution in [3.8, 4) is 0 Å². The second-order valence-corrected chi connectivity index (χ2v) is 4.42. The van der Waals surface area contributed by atoms with E-state index in [2.05, 4.69) is 10.0 Å². The summed E-state index contributed by atoms with van der Waals surface area (Å²) in [5.74, 6) is -0.258. The second kappa shape index (κ2) is 7.44. The van der Waals surface area contributed by atoms with Crippen LogP contribution in [0.5, 0.6) is 0 Å². The monoisotopic (exact) mass is 261 g/mol. The number of hydrogen-bond acceptors (Lipinski definition) is 3. The minimum Gasteiger partial charge on any atom is -0.466 e. The maximum absolute atomic E-state index is 11.4. The Morgan fingerprint density at radius 3 is 2.84 bits per heavy atom. The average Bonchev–Trinajstić information content (AvgIpc) is 2.38. The zero-order valence-corrected chi connectivity index (χ0v) is 11.6. The molecule has 0 amide bonds. The fraction of sp³-hybridized carbons (Fsp3) is 0.500. The number of azide groups is 1. The summed E-state index contributed by atoms with van der Waals surface area (Å²) in [6.45, 7) is 6.10. The predicted octanol–water partition coefficient (Wildman–Crippen LogP) is 4.00. The van der Waals surface area contributed by atoms with Gasteiger partial charge in [-0.3, -0.25) is 4.79 Å². The summed E-state index contributed by atoms with van der Waals surface area (Å²) in [6.07, 6.45) is 0.720. The molecule has 5 heteroatoms. The van der Waals surface area contributed by atoms with Gasteiger partial charge in [-0.1, -0.05) is 28.9 Å². The van der Waals surface area contributed by atoms with Gasteiger partial charge in [-0.15, -0.1) is 0 Å². The summed E-state index contributed by atoms with van der Waals surface area (Å²) in [6, 6.07) is 5.68. The summed E-state index contributed by atoms with van der Waals surface area (Å²) < 4.78 is 4.89. The summed E-state index contributed by atoms with van der Waals surface area (Å²) in [5, 5.41) is 3.80. The van der Waals surface area contributed by atoms with Gasteiger partial charge in [0.05, 0.1) is 12.6 Å². The highest BCUT2D eigenvalue weighted by molar-refractivity contribution is 5.69. The molecular formula is C14H19N3O2. The Bertz CT molecular complexity index is 493. The number of carbonyl (C=O) groups excluding carboxylic acids is 1. The number of nitrogens with zero attached hydrogens (tertiary/aromatic N) is 3. The molecule has 5 nitrogen and oxygen atoms in total. The molecule has 0 N–H and O–H groups in total. The molecule has 0 saturated carbocycles. The van der Waals surface area contributed by atoms with Crippen molar-refractivity contribution >= 4 is 5.97 Å². The van der Waals surface area contributed by atoms with E-state index in [4.69, 9.17) is 10.3 Å². The van der Waals surface area contributed by atoms with Crippen molar-refractivity contribution in [2.45, 2.75) is 39.7 Å². The van der Waals surface area contributed by atoms with E-state index in [1.54, 1.807) is 6.92 Å². The van der Waals surface area contributed by atoms with Crippen molar-refractivity contribution in [3.63, 3.8) is 0 Å². The number of aryl methyl sites for hydroxylation is 2. The topological polar surface area (TPSA) is 75.1 Å². The molecule has 0 aliphatic rings. The van der Waals surface area contributed by atoms with Gasteiger partial charge in [-0.25, -0.2) is 0 Å². The van der Waals surface area contributed by atoms with E-state index in [0.717, 1.165) is 16.7 Å². The number of benzene rings is 1. The molecule has 1 atom stereocenters. The molecule has 0 saturated heterocycles. The first kappa shape index (κ1) is 15.1. The first-order chi connectivity index (χ1) is 9.08. The Hall–Kier alpha value is -2.00. The third-order valence-corrected chi connectivity index (χ3v) is 2.91. The predicted molar refractivity (Wildman–Crippen MR) is 73.7 cm³/mol. The minimum absolute atomic E-state index is 0.255. The number of esters is 1. The fourth-order valence-corrected chi connectivity index (χ4v) is 1.94. The zero-order chi connectivity index (χ0) is 14.3. The van der Waals surface area contributed by atoms with Gasteiger partial charge >= 0.3 is 5.97 Å². The third kappa shape index (κ3) is 4.64. The summed E-state index contributed by atoms with van der Waals surface area (Å²) in [4.78, 5) is 14.3. The van der Waals surface area contributed by atoms with E-state index in [0.29, 0.717) is 13.0 Å². The van der Waals surface area contributed by atoms with E-state index in [9.17, 15) is 4.79 Å². The van der Waals surface area contributed by atoms with Gasteiger partial charge in [-0.05, 0) is 43.9 Å². The Morgan fingerprint density at radius 2 is 2.21 bits per heavy atom. The van der Waals surface area contributed by atoms with Crippen LogP contribution >= 0.6 is 0 Å². The van der Waals surface area contributed by atoms with Gasteiger partial charge < -0.3 is 4.74 Å². The van der Waals surface area contributed by atoms with E-state index >= 15 is 0 Å². The molecule has 1 aromatic carbocycles. The number of hydrogen-bond donors (Lipinski definition) is 0. The van der Waals surface area contributed by atoms with Crippen LogP contribution in [0.2, 0.25) is 0 Å². The lowest BCUT2D eigenvalue weighted by atomic mass is 9.96. The molecule has 19 heavy (non-hydrogen) atoms. The standard InChI is InChI=1S/C14H19N3O2/c1-4-19-14(18)8-7-13(16-17-15)12-9-10(2)5-6-11(12)3/h5-6,9,13H,4,7-8H2,1-3H3. The second-order valence-electron chi connectivity index (χ2n) is 4.42. The molecule has 0 fully saturated rings. The van der Waals surface area contributed by atoms with Crippen LogP contribution < -0.4 is 0 Å². The SMILES string of the molecule is CCOC(=O)CCC(N=[N+]=[N-])c1cc(C)ccc1C. The van der Waals surface area contributed by atoms with Crippen LogP contribution in [0.1, 0.15) is 42.5 Å². The Balaban J connectivity index is 2.85. The molecule has 0 spiro atoms. The third-order valence-electron chi connectivity index (χ3n) is 2.91. The maximum atomic E-state index is 11.4. The summed E-state index contributed by atoms with van der Waals surface area (Å²) >= 11 is 0. The van der Waals surface area contributed by atoms with Crippen molar-refractivity contribution in [1.82, 2.24) is 0 Å². The van der Waals surface area contributed by atoms with E-state index < -0.39 is 0 Å². The number of rotatable bonds is 6. The Labute approximate surface area is 113 Å². The van der Waals surface area contributed by atoms with Gasteiger partial charge in [0.25, 0.3) is 0 Å². The molecular weight excluding hydrogens is 242 g/mol. The molecule has 0 aromatic heterocycles. The number of ether oxygens (including phenoxy) is 1. The van der Waals surface area contributed by atoms with Crippen LogP contribution in [0, 0.1) is 13.8 Å². The van der Waals surface area contributed by atoms with Crippen molar-refractivity contribution in [3.05, 3.63) is 45.3 Å². The quantitative estimate of drug-likeness (QED) is 0.336. The van der Waals surface area contributed by atoms with Gasteiger partial charge in [0.2, 0.25) is 0 Å². The van der Waals surface area contributed by atoms with Crippen LogP contribution in [0.15, 0.2) is 23.3 Å². The van der Waals surface area contributed by atoms with Crippen LogP contribution in [-0.2, 0) is 9.53 Å². The maximum Gasteiger partial charge on any atom is 0.305 e. The minimum atomic E-state index is -0.325. The molecule has 1 rings (SSSR count). The molecule has 0 aliphatic carbocycles. The normalized spacial score (nSPS) is 11.5. The van der Waals surface area contributed by atoms with Crippen LogP contribution in [0.3, 0.4) is 0 Å². The van der Waals surface area contributed by atoms with Gasteiger partial charge in [0, 0.05) is 11.3 Å². The van der Waals surface area contributed by atoms with Crippen molar-refractivity contribution in [2.24, 2.45) is 5.11 Å². The van der Waals surface area contributed by atoms with E-state index in [1.165, 1.54) is 0 Å². The zero-order valence-electron chi connectivity index (χ0n) is 11.6. The van der Waals surface area contributed by atoms with Crippen LogP contribution in [0.25, 0.3) is 10.4 Å². The lowest BCUT2D eigenvalue weighted by molar-refractivity contribution is -0.143. The van der Waals surface area contributed by atoms with Gasteiger partial charge in [0.15, 0.2) is 0 Å². The molecule has 1 unspecified atom stereocenters. The molecule has 1 aromatic rings. The smallest absolute Gasteiger partial charge is 0.305 e. The molecule has 0 aliphatic heterocycles. The van der Waals surface area contributed by atoms with Crippen LogP contribution in [0.4, 0.5) is 0 Å². The largest absolute Gasteiger partial charge is 0.466 e. The highest BCUT2D eigenvalue weighted by Gasteiger charge is 2.14. The number of carbonyl (C=O) groups is 1. The van der Waals surface area contributed by atoms with E-state index in [1.807, 2.05) is 32.0 Å². The van der Waals surface area contributed by atoms with Crippen LogP contribution in [-0.4, -0.2) is 12.6 Å². The van der Waals surface area contributed by atoms with Gasteiger partial charge in [-0.2, -0.15) is 0 Å². The first-order valence-corrected chi connectivity index (χ1v) is 6.35. The molecule has 0 radical (unpaired) electrons. The highest BCUT2D eigenvalue weighted by atomic mass is 16.5. The first-order valence-electron chi connectivity index (χ1n) is 6.35. The van der Waals surface area contributed by atoms with Crippen molar-refractivity contribution in [2.75, 3.05) is 6.61 Å². The van der Waals surface area contributed by atoms with Crippen molar-refractivity contribution in [1.29, 1.82) is 0 Å². The summed E-state index contributed by atoms with van der Waals surface area (Å²) in [5.41, 5.74) is 11.8. The molecule has 0 bridgehead atoms. The fourth-order valence-electron chi connectivity index (χ4n) is 1.94.